The van der Waals surface area contributed by atoms with Gasteiger partial charge in [0.25, 0.3) is 0 Å². The first-order valence-corrected chi connectivity index (χ1v) is 7.84. The third-order valence-corrected chi connectivity index (χ3v) is 4.78. The number of hydrogen-bond donors (Lipinski definition) is 1. The predicted molar refractivity (Wildman–Crippen MR) is 76.3 cm³/mol. The Morgan fingerprint density at radius 2 is 2.42 bits per heavy atom. The number of thiophene rings is 1. The Kier molecular flexibility index (Phi) is 3.97. The summed E-state index contributed by atoms with van der Waals surface area (Å²) < 4.78 is 11.9. The second-order valence-electron chi connectivity index (χ2n) is 4.39. The molecule has 2 unspecified atom stereocenters. The van der Waals surface area contributed by atoms with E-state index in [9.17, 15) is 0 Å². The van der Waals surface area contributed by atoms with E-state index in [0.29, 0.717) is 24.9 Å². The normalized spacial score (nSPS) is 23.1. The summed E-state index contributed by atoms with van der Waals surface area (Å²) in [5.41, 5.74) is 0. The summed E-state index contributed by atoms with van der Waals surface area (Å²) >= 11 is 5.02. The molecule has 1 aliphatic rings. The van der Waals surface area contributed by atoms with Crippen LogP contribution < -0.4 is 5.32 Å². The fraction of sp³-hybridized carbons (Fsp3) is 0.500. The number of halogens is 1. The number of nitrogens with zero attached hydrogens (tertiary/aromatic N) is 2. The predicted octanol–water partition coefficient (Wildman–Crippen LogP) is 2.65. The zero-order valence-electron chi connectivity index (χ0n) is 10.4. The summed E-state index contributed by atoms with van der Waals surface area (Å²) in [4.78, 5) is 5.50. The molecule has 0 aromatic carbocycles. The van der Waals surface area contributed by atoms with E-state index in [1.54, 1.807) is 11.3 Å². The molecule has 3 rings (SSSR count). The number of aromatic nitrogens is 2. The van der Waals surface area contributed by atoms with Crippen molar-refractivity contribution in [3.63, 3.8) is 0 Å². The first kappa shape index (κ1) is 13.2. The minimum atomic E-state index is 0.143. The van der Waals surface area contributed by atoms with E-state index in [0.717, 1.165) is 15.9 Å². The first-order valence-electron chi connectivity index (χ1n) is 6.17. The lowest BCUT2D eigenvalue weighted by molar-refractivity contribution is 0.185. The van der Waals surface area contributed by atoms with Gasteiger partial charge in [-0.1, -0.05) is 12.1 Å². The minimum absolute atomic E-state index is 0.143. The smallest absolute Gasteiger partial charge is 0.234 e. The number of likely N-dealkylation sites (N-methyl/N-ethyl adjacent to an activating group) is 1. The van der Waals surface area contributed by atoms with Crippen molar-refractivity contribution >= 4 is 27.3 Å². The standard InChI is InChI=1S/C12H14BrN3O2S/c1-2-14-9-5-17-4-8(9)12-15-11(16-18-12)10-3-7(13)6-19-10/h3,6,8-9,14H,2,4-5H2,1H3. The van der Waals surface area contributed by atoms with Crippen LogP contribution in [-0.2, 0) is 4.74 Å². The highest BCUT2D eigenvalue weighted by Gasteiger charge is 2.33. The summed E-state index contributed by atoms with van der Waals surface area (Å²) in [6, 6.07) is 2.25. The summed E-state index contributed by atoms with van der Waals surface area (Å²) in [5, 5.41) is 9.45. The third-order valence-electron chi connectivity index (χ3n) is 3.09. The highest BCUT2D eigenvalue weighted by atomic mass is 79.9. The minimum Gasteiger partial charge on any atom is -0.379 e. The van der Waals surface area contributed by atoms with E-state index in [1.807, 2.05) is 11.4 Å². The maximum absolute atomic E-state index is 5.50. The van der Waals surface area contributed by atoms with E-state index in [2.05, 4.69) is 38.3 Å². The van der Waals surface area contributed by atoms with Crippen molar-refractivity contribution < 1.29 is 9.26 Å². The average molecular weight is 344 g/mol. The zero-order valence-corrected chi connectivity index (χ0v) is 12.8. The van der Waals surface area contributed by atoms with Crippen LogP contribution in [0.3, 0.4) is 0 Å². The van der Waals surface area contributed by atoms with Crippen LogP contribution in [0.4, 0.5) is 0 Å². The topological polar surface area (TPSA) is 60.2 Å². The van der Waals surface area contributed by atoms with Crippen LogP contribution in [0.5, 0.6) is 0 Å². The van der Waals surface area contributed by atoms with Gasteiger partial charge in [0.05, 0.1) is 24.0 Å². The van der Waals surface area contributed by atoms with Gasteiger partial charge in [-0.15, -0.1) is 11.3 Å². The molecule has 102 valence electrons. The molecule has 1 fully saturated rings. The third kappa shape index (κ3) is 2.74. The van der Waals surface area contributed by atoms with Crippen molar-refractivity contribution in [2.75, 3.05) is 19.8 Å². The summed E-state index contributed by atoms with van der Waals surface area (Å²) in [7, 11) is 0. The molecule has 0 amide bonds. The second kappa shape index (κ2) is 5.70. The molecule has 1 saturated heterocycles. The highest BCUT2D eigenvalue weighted by molar-refractivity contribution is 9.10. The van der Waals surface area contributed by atoms with Gasteiger partial charge in [0.1, 0.15) is 0 Å². The van der Waals surface area contributed by atoms with Gasteiger partial charge in [-0.25, -0.2) is 0 Å². The molecule has 0 saturated carbocycles. The maximum atomic E-state index is 5.50. The Labute approximate surface area is 123 Å². The first-order chi connectivity index (χ1) is 9.28. The van der Waals surface area contributed by atoms with E-state index in [-0.39, 0.29) is 12.0 Å². The molecule has 0 aliphatic carbocycles. The number of ether oxygens (including phenoxy) is 1. The molecule has 2 aromatic rings. The van der Waals surface area contributed by atoms with Crippen molar-refractivity contribution in [3.05, 3.63) is 21.8 Å². The second-order valence-corrected chi connectivity index (χ2v) is 6.22. The monoisotopic (exact) mass is 343 g/mol. The molecule has 2 aromatic heterocycles. The Hall–Kier alpha value is -0.760. The van der Waals surface area contributed by atoms with E-state index >= 15 is 0 Å². The SMILES string of the molecule is CCNC1COCC1c1nc(-c2cc(Br)cs2)no1. The molecule has 19 heavy (non-hydrogen) atoms. The molecule has 5 nitrogen and oxygen atoms in total. The molecular formula is C12H14BrN3O2S. The molecule has 0 bridgehead atoms. The van der Waals surface area contributed by atoms with Crippen LogP contribution in [0.15, 0.2) is 20.4 Å². The van der Waals surface area contributed by atoms with Gasteiger partial charge in [0.15, 0.2) is 0 Å². The Morgan fingerprint density at radius 3 is 3.16 bits per heavy atom. The van der Waals surface area contributed by atoms with Gasteiger partial charge in [0, 0.05) is 15.9 Å². The van der Waals surface area contributed by atoms with Crippen LogP contribution in [0.1, 0.15) is 18.7 Å². The summed E-state index contributed by atoms with van der Waals surface area (Å²) in [6.45, 7) is 4.31. The van der Waals surface area contributed by atoms with Crippen LogP contribution in [0, 0.1) is 0 Å². The molecule has 3 heterocycles. The fourth-order valence-corrected chi connectivity index (χ4v) is 3.53. The summed E-state index contributed by atoms with van der Waals surface area (Å²) in [6.07, 6.45) is 0. The van der Waals surface area contributed by atoms with Crippen LogP contribution in [-0.4, -0.2) is 35.9 Å². The van der Waals surface area contributed by atoms with E-state index in [1.165, 1.54) is 0 Å². The molecule has 0 radical (unpaired) electrons. The lowest BCUT2D eigenvalue weighted by atomic mass is 10.0. The largest absolute Gasteiger partial charge is 0.379 e. The van der Waals surface area contributed by atoms with Crippen LogP contribution in [0.25, 0.3) is 10.7 Å². The lowest BCUT2D eigenvalue weighted by Gasteiger charge is -2.13. The van der Waals surface area contributed by atoms with Gasteiger partial charge < -0.3 is 14.6 Å². The fourth-order valence-electron chi connectivity index (χ4n) is 2.18. The van der Waals surface area contributed by atoms with Gasteiger partial charge in [-0.3, -0.25) is 0 Å². The molecular weight excluding hydrogens is 330 g/mol. The number of rotatable bonds is 4. The average Bonchev–Trinajstić information content (AvgIpc) is 3.07. The van der Waals surface area contributed by atoms with Gasteiger partial charge >= 0.3 is 0 Å². The van der Waals surface area contributed by atoms with Crippen molar-refractivity contribution in [2.24, 2.45) is 0 Å². The van der Waals surface area contributed by atoms with Crippen molar-refractivity contribution in [1.29, 1.82) is 0 Å². The van der Waals surface area contributed by atoms with Crippen molar-refractivity contribution in [2.45, 2.75) is 18.9 Å². The summed E-state index contributed by atoms with van der Waals surface area (Å²) in [5.74, 6) is 1.44. The molecule has 0 spiro atoms. The quantitative estimate of drug-likeness (QED) is 0.924. The number of nitrogens with one attached hydrogen (secondary N) is 1. The highest BCUT2D eigenvalue weighted by Crippen LogP contribution is 2.30. The number of hydrogen-bond acceptors (Lipinski definition) is 6. The van der Waals surface area contributed by atoms with Gasteiger partial charge in [-0.2, -0.15) is 4.98 Å². The Bertz CT molecular complexity index is 557. The van der Waals surface area contributed by atoms with Crippen molar-refractivity contribution in [3.8, 4) is 10.7 Å². The Morgan fingerprint density at radius 1 is 1.53 bits per heavy atom. The van der Waals surface area contributed by atoms with Crippen molar-refractivity contribution in [1.82, 2.24) is 15.5 Å². The maximum Gasteiger partial charge on any atom is 0.234 e. The molecule has 2 atom stereocenters. The van der Waals surface area contributed by atoms with Gasteiger partial charge in [-0.05, 0) is 28.5 Å². The van der Waals surface area contributed by atoms with Crippen LogP contribution >= 0.6 is 27.3 Å². The molecule has 1 N–H and O–H groups in total. The molecule has 7 heteroatoms. The van der Waals surface area contributed by atoms with Gasteiger partial charge in [0.2, 0.25) is 11.7 Å². The lowest BCUT2D eigenvalue weighted by Crippen LogP contribution is -2.34. The molecule has 1 aliphatic heterocycles. The van der Waals surface area contributed by atoms with Crippen LogP contribution in [0.2, 0.25) is 0 Å². The van der Waals surface area contributed by atoms with E-state index in [4.69, 9.17) is 9.26 Å². The zero-order chi connectivity index (χ0) is 13.2. The van der Waals surface area contributed by atoms with E-state index < -0.39 is 0 Å². The Balaban J connectivity index is 1.81.